The summed E-state index contributed by atoms with van der Waals surface area (Å²) in [5.74, 6) is -0.555. The van der Waals surface area contributed by atoms with Crippen molar-refractivity contribution in [1.29, 1.82) is 0 Å². The molecule has 0 atom stereocenters. The Labute approximate surface area is 724 Å². The average Bonchev–Trinajstić information content (AvgIpc) is 0.894. The summed E-state index contributed by atoms with van der Waals surface area (Å²) in [5, 5.41) is 1.54. The third-order valence-electron chi connectivity index (χ3n) is 20.2. The van der Waals surface area contributed by atoms with Gasteiger partial charge in [-0.05, 0) is 252 Å². The lowest BCUT2D eigenvalue weighted by Gasteiger charge is -2.18. The largest absolute Gasteiger partial charge is 0.265 e. The minimum Gasteiger partial charge on any atom is -0.265 e. The Morgan fingerprint density at radius 2 is 0.537 bits per heavy atom. The Balaban J connectivity index is 0.000000186. The number of hydrogen-bond acceptors (Lipinski definition) is 2. The zero-order valence-electron chi connectivity index (χ0n) is 74.9. The lowest BCUT2D eigenvalue weighted by atomic mass is 9.87. The summed E-state index contributed by atoms with van der Waals surface area (Å²) in [6.07, 6.45) is 7.28. The normalized spacial score (nSPS) is 10.3. The molecule has 2 heterocycles. The monoisotopic (exact) mass is 1620 g/mol. The first-order valence-corrected chi connectivity index (χ1v) is 45.0. The van der Waals surface area contributed by atoms with Crippen molar-refractivity contribution in [3.63, 3.8) is 0 Å². The Morgan fingerprint density at radius 1 is 0.215 bits per heavy atom. The van der Waals surface area contributed by atoms with E-state index in [0.29, 0.717) is 5.56 Å². The molecule has 121 heavy (non-hydrogen) atoms. The minimum absolute atomic E-state index is 0.170. The van der Waals surface area contributed by atoms with Crippen LogP contribution < -0.4 is 5.19 Å². The van der Waals surface area contributed by atoms with Crippen molar-refractivity contribution < 1.29 is 13.2 Å². The molecule has 2 aromatic heterocycles. The van der Waals surface area contributed by atoms with E-state index in [2.05, 4.69) is 328 Å². The van der Waals surface area contributed by atoms with E-state index in [1.165, 1.54) is 141 Å². The highest BCUT2D eigenvalue weighted by molar-refractivity contribution is 6.88. The molecule has 618 valence electrons. The van der Waals surface area contributed by atoms with Gasteiger partial charge in [-0.25, -0.2) is 13.2 Å². The Bertz CT molecular complexity index is 5540. The van der Waals surface area contributed by atoms with Crippen LogP contribution in [0.15, 0.2) is 383 Å². The second-order valence-corrected chi connectivity index (χ2v) is 38.0. The summed E-state index contributed by atoms with van der Waals surface area (Å²) in [7, 11) is -1.06. The highest BCUT2D eigenvalue weighted by Crippen LogP contribution is 2.28. The van der Waals surface area contributed by atoms with Gasteiger partial charge >= 0.3 is 0 Å². The van der Waals surface area contributed by atoms with Crippen LogP contribution in [0.2, 0.25) is 19.6 Å². The molecule has 6 heteroatoms. The van der Waals surface area contributed by atoms with Gasteiger partial charge in [-0.15, -0.1) is 0 Å². The molecule has 0 saturated heterocycles. The molecule has 0 fully saturated rings. The summed E-state index contributed by atoms with van der Waals surface area (Å²) >= 11 is 0. The molecule has 0 amide bonds. The molecule has 16 rings (SSSR count). The molecule has 0 aliphatic rings. The number of aryl methyl sites for hydroxylation is 14. The first kappa shape index (κ1) is 95.5. The van der Waals surface area contributed by atoms with Gasteiger partial charge in [-0.2, -0.15) is 0 Å². The first-order valence-electron chi connectivity index (χ1n) is 41.5. The third kappa shape index (κ3) is 34.7. The lowest BCUT2D eigenvalue weighted by molar-refractivity contribution is 0.590. The van der Waals surface area contributed by atoms with E-state index in [-0.39, 0.29) is 22.9 Å². The molecule has 2 nitrogen and oxygen atoms in total. The van der Waals surface area contributed by atoms with Crippen LogP contribution in [0.25, 0.3) is 66.8 Å². The van der Waals surface area contributed by atoms with Crippen molar-refractivity contribution in [1.82, 2.24) is 9.97 Å². The van der Waals surface area contributed by atoms with Gasteiger partial charge in [0.25, 0.3) is 0 Å². The molecular weight excluding hydrogens is 1490 g/mol. The molecule has 0 bridgehead atoms. The average molecular weight is 1620 g/mol. The number of rotatable bonds is 7. The van der Waals surface area contributed by atoms with Gasteiger partial charge in [-0.1, -0.05) is 399 Å². The minimum atomic E-state index is -1.06. The Kier molecular flexibility index (Phi) is 38.7. The van der Waals surface area contributed by atoms with Crippen molar-refractivity contribution in [2.24, 2.45) is 0 Å². The highest BCUT2D eigenvalue weighted by atomic mass is 28.3. The maximum atomic E-state index is 13.4. The van der Waals surface area contributed by atoms with Gasteiger partial charge in [0, 0.05) is 30.4 Å². The van der Waals surface area contributed by atoms with Gasteiger partial charge < -0.3 is 0 Å². The van der Waals surface area contributed by atoms with E-state index < -0.39 is 8.07 Å². The standard InChI is InChI=1S/C14H14.3C13H11F.2C12H11N.C11H16.C10H16Si.C9H12.C8H10/c1-11-8-9-14(10-12(11)2)13-6-4-3-5-7-13;1-10-2-4-11(5-3-10)12-6-8-13(14)9-7-12;1-10-5-7-11(8-6-10)12-3-2-4-13(14)9-12;1-10-6-8-11(9-7-10)12-4-2-3-5-13(12)14;1-10-3-2-4-12(9-10)11-5-7-13-8-6-11;1-10-4-2-3-5-12(10)11-6-8-13-9-7-11;2*1-9-5-7-10(8-6-9)11(2,3)4;1-7-4-5-8(2)9(3)6-7;1-7-3-5-8(2)6-4-7/h3-10H,1-2H3;3*2-9H,1H3;2*2-9H,1H3;2*5-8H,1-4H3;4-6H,1-3H3;3-6H,1-2H3. The molecule has 0 spiro atoms. The Morgan fingerprint density at radius 3 is 0.975 bits per heavy atom. The van der Waals surface area contributed by atoms with Crippen LogP contribution in [0.4, 0.5) is 13.2 Å². The summed E-state index contributed by atoms with van der Waals surface area (Å²) in [6.45, 7) is 43.3. The van der Waals surface area contributed by atoms with E-state index in [0.717, 1.165) is 27.8 Å². The summed E-state index contributed by atoms with van der Waals surface area (Å²) in [6, 6.07) is 119. The predicted molar refractivity (Wildman–Crippen MR) is 520 cm³/mol. The number of pyridine rings is 2. The molecule has 0 radical (unpaired) electrons. The lowest BCUT2D eigenvalue weighted by Crippen LogP contribution is -2.37. The van der Waals surface area contributed by atoms with Gasteiger partial charge in [0.05, 0.1) is 8.07 Å². The van der Waals surface area contributed by atoms with Gasteiger partial charge in [0.1, 0.15) is 17.5 Å². The molecule has 14 aromatic carbocycles. The van der Waals surface area contributed by atoms with Crippen molar-refractivity contribution in [2.45, 2.75) is 143 Å². The summed E-state index contributed by atoms with van der Waals surface area (Å²) in [5.41, 5.74) is 33.4. The predicted octanol–water partition coefficient (Wildman–Crippen LogP) is 32.2. The SMILES string of the molecule is Cc1ccc(-c2ccc(F)cc2)cc1.Cc1ccc(-c2cccc(F)c2)cc1.Cc1ccc(-c2ccccc2)cc1C.Cc1ccc(-c2ccccc2F)cc1.Cc1ccc(C(C)(C)C)cc1.Cc1ccc(C)c(C)c1.Cc1ccc(C)cc1.Cc1ccc([Si](C)(C)C)cc1.Cc1cccc(-c2ccncc2)c1.Cc1ccccc1-c1ccncc1. The number of halogens is 3. The van der Waals surface area contributed by atoms with Crippen LogP contribution in [-0.2, 0) is 5.41 Å². The second kappa shape index (κ2) is 49.1. The van der Waals surface area contributed by atoms with Crippen LogP contribution >= 0.6 is 0 Å². The van der Waals surface area contributed by atoms with E-state index in [9.17, 15) is 13.2 Å². The smallest absolute Gasteiger partial charge is 0.131 e. The number of nitrogens with zero attached hydrogens (tertiary/aromatic N) is 2. The topological polar surface area (TPSA) is 25.8 Å². The number of hydrogen-bond donors (Lipinski definition) is 0. The van der Waals surface area contributed by atoms with E-state index in [1.807, 2.05) is 142 Å². The van der Waals surface area contributed by atoms with Gasteiger partial charge in [0.15, 0.2) is 0 Å². The second-order valence-electron chi connectivity index (χ2n) is 32.9. The van der Waals surface area contributed by atoms with E-state index in [1.54, 1.807) is 41.6 Å². The molecular formula is C115H123F3N2Si. The van der Waals surface area contributed by atoms with Crippen molar-refractivity contribution in [2.75, 3.05) is 0 Å². The third-order valence-corrected chi connectivity index (χ3v) is 22.2. The molecule has 0 aliphatic carbocycles. The van der Waals surface area contributed by atoms with E-state index >= 15 is 0 Å². The van der Waals surface area contributed by atoms with Crippen LogP contribution in [0.3, 0.4) is 0 Å². The van der Waals surface area contributed by atoms with Crippen LogP contribution in [0.1, 0.15) is 104 Å². The van der Waals surface area contributed by atoms with Crippen molar-refractivity contribution in [3.8, 4) is 66.8 Å². The maximum absolute atomic E-state index is 13.4. The van der Waals surface area contributed by atoms with Gasteiger partial charge in [0.2, 0.25) is 0 Å². The molecule has 0 aliphatic heterocycles. The summed E-state index contributed by atoms with van der Waals surface area (Å²) in [4.78, 5) is 7.99. The number of benzene rings is 14. The number of aromatic nitrogens is 2. The van der Waals surface area contributed by atoms with Crippen molar-refractivity contribution >= 4 is 13.3 Å². The maximum Gasteiger partial charge on any atom is 0.131 e. The highest BCUT2D eigenvalue weighted by Gasteiger charge is 2.15. The van der Waals surface area contributed by atoms with Gasteiger partial charge in [-0.3, -0.25) is 9.97 Å². The summed E-state index contributed by atoms with van der Waals surface area (Å²) < 4.78 is 39.0. The molecule has 16 aromatic rings. The Hall–Kier alpha value is -12.6. The quantitative estimate of drug-likeness (QED) is 0.149. The first-order chi connectivity index (χ1) is 57.8. The van der Waals surface area contributed by atoms with Crippen molar-refractivity contribution in [3.05, 3.63) is 484 Å². The molecule has 0 unspecified atom stereocenters. The zero-order valence-corrected chi connectivity index (χ0v) is 75.9. The van der Waals surface area contributed by atoms with Crippen LogP contribution in [0, 0.1) is 114 Å². The molecule has 0 saturated carbocycles. The fraction of sp³-hybridized carbons (Fsp3) is 0.183. The van der Waals surface area contributed by atoms with E-state index in [4.69, 9.17) is 0 Å². The van der Waals surface area contributed by atoms with Crippen LogP contribution in [0.5, 0.6) is 0 Å². The fourth-order valence-electron chi connectivity index (χ4n) is 12.2. The van der Waals surface area contributed by atoms with Crippen LogP contribution in [-0.4, -0.2) is 18.0 Å². The zero-order chi connectivity index (χ0) is 87.9. The fourth-order valence-corrected chi connectivity index (χ4v) is 13.4. The molecule has 0 N–H and O–H groups in total.